The highest BCUT2D eigenvalue weighted by molar-refractivity contribution is 5.87. The van der Waals surface area contributed by atoms with E-state index in [4.69, 9.17) is 14.5 Å². The third-order valence-electron chi connectivity index (χ3n) is 10.4. The molecule has 14 heteroatoms. The highest BCUT2D eigenvalue weighted by Crippen LogP contribution is 2.34. The van der Waals surface area contributed by atoms with E-state index in [1.807, 2.05) is 75.1 Å². The second kappa shape index (κ2) is 17.1. The zero-order chi connectivity index (χ0) is 39.2. The number of aromatic nitrogens is 4. The van der Waals surface area contributed by atoms with Gasteiger partial charge in [-0.05, 0) is 79.8 Å². The van der Waals surface area contributed by atoms with E-state index in [0.29, 0.717) is 24.7 Å². The quantitative estimate of drug-likeness (QED) is 0.155. The molecule has 2 aromatic carbocycles. The summed E-state index contributed by atoms with van der Waals surface area (Å²) in [7, 11) is 2.57. The molecule has 14 nitrogen and oxygen atoms in total. The fourth-order valence-electron chi connectivity index (χ4n) is 7.35. The Morgan fingerprint density at radius 1 is 0.745 bits per heavy atom. The van der Waals surface area contributed by atoms with Gasteiger partial charge in [0.05, 0.1) is 49.2 Å². The molecule has 0 radical (unpaired) electrons. The number of benzene rings is 2. The van der Waals surface area contributed by atoms with E-state index in [9.17, 15) is 19.2 Å². The van der Waals surface area contributed by atoms with E-state index in [1.54, 1.807) is 11.1 Å². The Balaban J connectivity index is 1.13. The zero-order valence-electron chi connectivity index (χ0n) is 32.3. The maximum atomic E-state index is 13.7. The number of alkyl carbamates (subject to hydrolysis) is 2. The molecule has 0 saturated carbocycles. The molecule has 4 atom stereocenters. The first-order valence-electron chi connectivity index (χ1n) is 18.9. The molecule has 6 rings (SSSR count). The van der Waals surface area contributed by atoms with Gasteiger partial charge in [-0.3, -0.25) is 9.59 Å². The van der Waals surface area contributed by atoms with Gasteiger partial charge in [0, 0.05) is 24.2 Å². The number of hydrogen-bond donors (Lipinski definition) is 4. The molecule has 2 aromatic heterocycles. The van der Waals surface area contributed by atoms with Crippen molar-refractivity contribution in [2.45, 2.75) is 84.0 Å². The van der Waals surface area contributed by atoms with Gasteiger partial charge in [-0.15, -0.1) is 0 Å². The number of likely N-dealkylation sites (tertiary alicyclic amines) is 2. The van der Waals surface area contributed by atoms with Crippen LogP contribution < -0.4 is 10.6 Å². The molecule has 2 fully saturated rings. The first-order chi connectivity index (χ1) is 26.5. The number of H-pyrrole nitrogens is 2. The molecule has 0 bridgehead atoms. The summed E-state index contributed by atoms with van der Waals surface area (Å²) in [5.74, 6) is 7.42. The summed E-state index contributed by atoms with van der Waals surface area (Å²) in [5, 5.41) is 5.39. The van der Waals surface area contributed by atoms with E-state index in [1.165, 1.54) is 14.2 Å². The number of amides is 4. The largest absolute Gasteiger partial charge is 0.453 e. The van der Waals surface area contributed by atoms with Gasteiger partial charge in [-0.2, -0.15) is 0 Å². The van der Waals surface area contributed by atoms with Crippen LogP contribution in [0.15, 0.2) is 48.7 Å². The molecule has 4 heterocycles. The number of methoxy groups -OCH3 is 2. The van der Waals surface area contributed by atoms with Gasteiger partial charge in [0.2, 0.25) is 11.8 Å². The SMILES string of the molecule is COC(=O)N[C@H](C(=O)N1CCCC[C@H]1c1ncc(-c2ccc(C#Cc3ccc4nc([C@@H]5CCCN5C(=O)[C@@H](NC(=O)OC)C(C)C)[nH]c4c3)cc2)[nH]1)C(C)C. The standard InChI is InChI=1S/C41H50N8O6/c1-24(2)34(46-40(52)54-5)38(50)48-20-8-7-10-32(48)36-42-23-31(45-36)28-17-14-26(15-18-28)12-13-27-16-19-29-30(22-27)44-37(43-29)33-11-9-21-49(33)39(51)35(25(3)4)47-41(53)55-6/h14-19,22-25,32-35H,7-11,20-21H2,1-6H3,(H,42,45)(H,43,44)(H,46,52)(H,47,53)/t32-,33-,34-,35-/m0/s1. The van der Waals surface area contributed by atoms with Crippen molar-refractivity contribution in [2.75, 3.05) is 27.3 Å². The van der Waals surface area contributed by atoms with Crippen LogP contribution in [-0.4, -0.2) is 93.1 Å². The fourth-order valence-corrected chi connectivity index (χ4v) is 7.35. The van der Waals surface area contributed by atoms with Crippen molar-refractivity contribution >= 4 is 35.0 Å². The topological polar surface area (TPSA) is 175 Å². The van der Waals surface area contributed by atoms with E-state index >= 15 is 0 Å². The first-order valence-corrected chi connectivity index (χ1v) is 18.9. The molecule has 2 saturated heterocycles. The molecule has 4 amide bonds. The monoisotopic (exact) mass is 750 g/mol. The summed E-state index contributed by atoms with van der Waals surface area (Å²) >= 11 is 0. The summed E-state index contributed by atoms with van der Waals surface area (Å²) in [4.78, 5) is 71.1. The lowest BCUT2D eigenvalue weighted by molar-refractivity contribution is -0.138. The minimum absolute atomic E-state index is 0.112. The molecule has 0 unspecified atom stereocenters. The zero-order valence-corrected chi connectivity index (χ0v) is 32.3. The number of fused-ring (bicyclic) bond motifs is 1. The van der Waals surface area contributed by atoms with E-state index in [-0.39, 0.29) is 35.7 Å². The van der Waals surface area contributed by atoms with Crippen molar-refractivity contribution in [1.29, 1.82) is 0 Å². The van der Waals surface area contributed by atoms with Crippen molar-refractivity contribution < 1.29 is 28.7 Å². The molecule has 0 aliphatic carbocycles. The second-order valence-corrected chi connectivity index (χ2v) is 14.8. The lowest BCUT2D eigenvalue weighted by Gasteiger charge is -2.37. The molecule has 4 N–H and O–H groups in total. The van der Waals surface area contributed by atoms with Crippen molar-refractivity contribution in [1.82, 2.24) is 40.4 Å². The van der Waals surface area contributed by atoms with Gasteiger partial charge in [-0.25, -0.2) is 19.6 Å². The number of aromatic amines is 2. The minimum atomic E-state index is -0.697. The van der Waals surface area contributed by atoms with Crippen LogP contribution in [-0.2, 0) is 19.1 Å². The lowest BCUT2D eigenvalue weighted by atomic mass is 9.97. The normalized spacial score (nSPS) is 18.1. The van der Waals surface area contributed by atoms with Gasteiger partial charge in [0.25, 0.3) is 0 Å². The Kier molecular flexibility index (Phi) is 12.1. The van der Waals surface area contributed by atoms with Crippen LogP contribution >= 0.6 is 0 Å². The number of carbonyl (C=O) groups excluding carboxylic acids is 4. The number of nitrogens with one attached hydrogen (secondary N) is 4. The lowest BCUT2D eigenvalue weighted by Crippen LogP contribution is -2.53. The number of piperidine rings is 1. The summed E-state index contributed by atoms with van der Waals surface area (Å²) < 4.78 is 9.52. The third-order valence-corrected chi connectivity index (χ3v) is 10.4. The van der Waals surface area contributed by atoms with Crippen LogP contribution in [0.3, 0.4) is 0 Å². The van der Waals surface area contributed by atoms with Crippen LogP contribution in [0.1, 0.15) is 94.7 Å². The Labute approximate surface area is 321 Å². The fraction of sp³-hybridized carbons (Fsp3) is 0.463. The number of hydrogen-bond acceptors (Lipinski definition) is 8. The average Bonchev–Trinajstić information content (AvgIpc) is 3.98. The predicted octanol–water partition coefficient (Wildman–Crippen LogP) is 5.83. The smallest absolute Gasteiger partial charge is 0.407 e. The van der Waals surface area contributed by atoms with Gasteiger partial charge in [0.15, 0.2) is 0 Å². The van der Waals surface area contributed by atoms with Gasteiger partial charge in [0.1, 0.15) is 23.7 Å². The highest BCUT2D eigenvalue weighted by atomic mass is 16.5. The number of ether oxygens (including phenoxy) is 2. The molecule has 55 heavy (non-hydrogen) atoms. The Morgan fingerprint density at radius 2 is 1.31 bits per heavy atom. The maximum Gasteiger partial charge on any atom is 0.407 e. The van der Waals surface area contributed by atoms with Crippen molar-refractivity contribution in [3.05, 3.63) is 71.4 Å². The number of nitrogens with zero attached hydrogens (tertiary/aromatic N) is 4. The minimum Gasteiger partial charge on any atom is -0.453 e. The van der Waals surface area contributed by atoms with Gasteiger partial charge >= 0.3 is 12.2 Å². The maximum absolute atomic E-state index is 13.7. The van der Waals surface area contributed by atoms with Crippen molar-refractivity contribution in [2.24, 2.45) is 11.8 Å². The molecular formula is C41H50N8O6. The Morgan fingerprint density at radius 3 is 1.93 bits per heavy atom. The second-order valence-electron chi connectivity index (χ2n) is 14.8. The average molecular weight is 751 g/mol. The van der Waals surface area contributed by atoms with Crippen molar-refractivity contribution in [3.63, 3.8) is 0 Å². The van der Waals surface area contributed by atoms with E-state index in [0.717, 1.165) is 65.5 Å². The molecule has 2 aliphatic heterocycles. The van der Waals surface area contributed by atoms with E-state index < -0.39 is 24.3 Å². The summed E-state index contributed by atoms with van der Waals surface area (Å²) in [6.45, 7) is 8.76. The van der Waals surface area contributed by atoms with Gasteiger partial charge in [-0.1, -0.05) is 51.7 Å². The van der Waals surface area contributed by atoms with Crippen LogP contribution in [0.5, 0.6) is 0 Å². The number of rotatable bonds is 9. The van der Waals surface area contributed by atoms with Crippen molar-refractivity contribution in [3.8, 4) is 23.1 Å². The molecular weight excluding hydrogens is 701 g/mol. The Hall–Kier alpha value is -5.84. The summed E-state index contributed by atoms with van der Waals surface area (Å²) in [5.41, 5.74) is 5.06. The van der Waals surface area contributed by atoms with Crippen LogP contribution in [0.2, 0.25) is 0 Å². The predicted molar refractivity (Wildman–Crippen MR) is 206 cm³/mol. The van der Waals surface area contributed by atoms with Crippen LogP contribution in [0.4, 0.5) is 9.59 Å². The van der Waals surface area contributed by atoms with E-state index in [2.05, 4.69) is 37.4 Å². The summed E-state index contributed by atoms with van der Waals surface area (Å²) in [6.07, 6.45) is 4.77. The molecule has 0 spiro atoms. The third kappa shape index (κ3) is 8.77. The van der Waals surface area contributed by atoms with Crippen LogP contribution in [0.25, 0.3) is 22.3 Å². The molecule has 2 aliphatic rings. The van der Waals surface area contributed by atoms with Crippen LogP contribution in [0, 0.1) is 23.7 Å². The highest BCUT2D eigenvalue weighted by Gasteiger charge is 2.38. The summed E-state index contributed by atoms with van der Waals surface area (Å²) in [6, 6.07) is 11.9. The molecule has 290 valence electrons. The molecule has 4 aromatic rings. The number of imidazole rings is 2. The Bertz CT molecular complexity index is 2080. The van der Waals surface area contributed by atoms with Gasteiger partial charge < -0.3 is 39.9 Å². The number of carbonyl (C=O) groups is 4. The first kappa shape index (κ1) is 38.9.